The summed E-state index contributed by atoms with van der Waals surface area (Å²) < 4.78 is 53.4. The number of aromatic nitrogens is 1. The van der Waals surface area contributed by atoms with Crippen LogP contribution in [0.4, 0.5) is 34.8 Å². The van der Waals surface area contributed by atoms with E-state index in [9.17, 15) is 22.4 Å². The molecule has 4 nitrogen and oxygen atoms in total. The Balaban J connectivity index is 1.64. The number of hydrogen-bond acceptors (Lipinski definition) is 3. The molecule has 1 heterocycles. The lowest BCUT2D eigenvalue weighted by molar-refractivity contribution is -0.115. The fourth-order valence-corrected chi connectivity index (χ4v) is 2.32. The first kappa shape index (κ1) is 18.4. The third kappa shape index (κ3) is 4.41. The van der Waals surface area contributed by atoms with Crippen molar-refractivity contribution in [3.8, 4) is 0 Å². The molecule has 0 fully saturated rings. The van der Waals surface area contributed by atoms with Crippen molar-refractivity contribution in [2.75, 3.05) is 10.6 Å². The third-order valence-corrected chi connectivity index (χ3v) is 3.65. The van der Waals surface area contributed by atoms with Crippen molar-refractivity contribution in [3.05, 3.63) is 83.6 Å². The number of nitrogens with one attached hydrogen (secondary N) is 2. The minimum Gasteiger partial charge on any atom is -0.352 e. The molecule has 0 radical (unpaired) electrons. The van der Waals surface area contributed by atoms with Crippen LogP contribution in [0.25, 0.3) is 0 Å². The second-order valence-corrected chi connectivity index (χ2v) is 5.60. The van der Waals surface area contributed by atoms with E-state index in [1.165, 1.54) is 36.5 Å². The van der Waals surface area contributed by atoms with Gasteiger partial charge in [0.05, 0.1) is 24.0 Å². The van der Waals surface area contributed by atoms with Crippen molar-refractivity contribution >= 4 is 23.1 Å². The van der Waals surface area contributed by atoms with Gasteiger partial charge in [0.1, 0.15) is 11.6 Å². The van der Waals surface area contributed by atoms with Gasteiger partial charge < -0.3 is 10.6 Å². The van der Waals surface area contributed by atoms with Crippen molar-refractivity contribution in [2.45, 2.75) is 6.42 Å². The number of rotatable bonds is 5. The summed E-state index contributed by atoms with van der Waals surface area (Å²) in [6.07, 6.45) is 1.12. The average Bonchev–Trinajstić information content (AvgIpc) is 2.65. The average molecular weight is 375 g/mol. The van der Waals surface area contributed by atoms with Crippen LogP contribution < -0.4 is 10.6 Å². The van der Waals surface area contributed by atoms with Gasteiger partial charge in [-0.15, -0.1) is 0 Å². The quantitative estimate of drug-likeness (QED) is 0.508. The maximum atomic E-state index is 13.7. The molecule has 8 heteroatoms. The molecular weight excluding hydrogens is 362 g/mol. The number of pyridine rings is 1. The van der Waals surface area contributed by atoms with Gasteiger partial charge in [-0.2, -0.15) is 0 Å². The van der Waals surface area contributed by atoms with Crippen LogP contribution in [-0.4, -0.2) is 10.9 Å². The smallest absolute Gasteiger partial charge is 0.230 e. The van der Waals surface area contributed by atoms with E-state index < -0.39 is 29.2 Å². The zero-order valence-electron chi connectivity index (χ0n) is 13.8. The monoisotopic (exact) mass is 375 g/mol. The number of benzene rings is 2. The molecule has 3 rings (SSSR count). The molecule has 0 bridgehead atoms. The highest BCUT2D eigenvalue weighted by atomic mass is 19.2. The minimum atomic E-state index is -1.58. The summed E-state index contributed by atoms with van der Waals surface area (Å²) in [6, 6.07) is 10.7. The van der Waals surface area contributed by atoms with Crippen molar-refractivity contribution < 1.29 is 22.4 Å². The van der Waals surface area contributed by atoms with Crippen molar-refractivity contribution in [1.82, 2.24) is 4.98 Å². The van der Waals surface area contributed by atoms with Crippen molar-refractivity contribution in [2.24, 2.45) is 0 Å². The number of anilines is 3. The Morgan fingerprint density at radius 3 is 2.37 bits per heavy atom. The predicted molar refractivity (Wildman–Crippen MR) is 92.6 cm³/mol. The molecular formula is C19H13F4N3O. The molecule has 27 heavy (non-hydrogen) atoms. The second kappa shape index (κ2) is 7.86. The summed E-state index contributed by atoms with van der Waals surface area (Å²) in [5.41, 5.74) is 0.293. The highest BCUT2D eigenvalue weighted by Gasteiger charge is 2.14. The van der Waals surface area contributed by atoms with Gasteiger partial charge in [0, 0.05) is 0 Å². The number of hydrogen-bond donors (Lipinski definition) is 2. The van der Waals surface area contributed by atoms with Crippen LogP contribution in [0.5, 0.6) is 0 Å². The van der Waals surface area contributed by atoms with Gasteiger partial charge in [0.2, 0.25) is 5.91 Å². The maximum absolute atomic E-state index is 13.7. The summed E-state index contributed by atoms with van der Waals surface area (Å²) in [7, 11) is 0. The standard InChI is InChI=1S/C19H13F4N3O/c20-13-4-2-1-3-11(13)9-17(27)26-16-8-5-12(10-24-16)25-15-7-6-14(21)18(22)19(15)23/h1-8,10,25H,9H2,(H,24,26,27). The summed E-state index contributed by atoms with van der Waals surface area (Å²) in [6.45, 7) is 0. The highest BCUT2D eigenvalue weighted by Crippen LogP contribution is 2.23. The number of amides is 1. The van der Waals surface area contributed by atoms with Crippen LogP contribution >= 0.6 is 0 Å². The first-order chi connectivity index (χ1) is 12.9. The van der Waals surface area contributed by atoms with E-state index in [0.717, 1.165) is 12.1 Å². The molecule has 0 spiro atoms. The minimum absolute atomic E-state index is 0.158. The molecule has 3 aromatic rings. The number of nitrogens with zero attached hydrogens (tertiary/aromatic N) is 1. The van der Waals surface area contributed by atoms with Crippen molar-refractivity contribution in [1.29, 1.82) is 0 Å². The summed E-state index contributed by atoms with van der Waals surface area (Å²) in [4.78, 5) is 15.9. The molecule has 2 N–H and O–H groups in total. The third-order valence-electron chi connectivity index (χ3n) is 3.65. The van der Waals surface area contributed by atoms with E-state index in [-0.39, 0.29) is 23.5 Å². The Bertz CT molecular complexity index is 977. The van der Waals surface area contributed by atoms with Crippen LogP contribution in [0.1, 0.15) is 5.56 Å². The highest BCUT2D eigenvalue weighted by molar-refractivity contribution is 5.91. The van der Waals surface area contributed by atoms with Gasteiger partial charge in [-0.25, -0.2) is 22.5 Å². The van der Waals surface area contributed by atoms with Crippen LogP contribution in [0, 0.1) is 23.3 Å². The zero-order chi connectivity index (χ0) is 19.4. The summed E-state index contributed by atoms with van der Waals surface area (Å²) in [5, 5.41) is 5.07. The van der Waals surface area contributed by atoms with E-state index in [2.05, 4.69) is 15.6 Å². The Morgan fingerprint density at radius 1 is 0.889 bits per heavy atom. The fraction of sp³-hybridized carbons (Fsp3) is 0.0526. The zero-order valence-corrected chi connectivity index (χ0v) is 13.8. The Kier molecular flexibility index (Phi) is 5.35. The lowest BCUT2D eigenvalue weighted by Crippen LogP contribution is -2.16. The van der Waals surface area contributed by atoms with E-state index in [1.54, 1.807) is 6.07 Å². The molecule has 0 aliphatic heterocycles. The molecule has 0 unspecified atom stereocenters. The molecule has 0 atom stereocenters. The van der Waals surface area contributed by atoms with Crippen LogP contribution in [0.15, 0.2) is 54.7 Å². The van der Waals surface area contributed by atoms with Gasteiger partial charge in [0.25, 0.3) is 0 Å². The Morgan fingerprint density at radius 2 is 1.67 bits per heavy atom. The molecule has 1 amide bonds. The SMILES string of the molecule is O=C(Cc1ccccc1F)Nc1ccc(Nc2ccc(F)c(F)c2F)cn1. The second-order valence-electron chi connectivity index (χ2n) is 5.60. The van der Waals surface area contributed by atoms with Crippen LogP contribution in [0.2, 0.25) is 0 Å². The Labute approximate surface area is 151 Å². The number of carbonyl (C=O) groups excluding carboxylic acids is 1. The summed E-state index contributed by atoms with van der Waals surface area (Å²) >= 11 is 0. The van der Waals surface area contributed by atoms with E-state index >= 15 is 0 Å². The number of halogens is 4. The van der Waals surface area contributed by atoms with Crippen molar-refractivity contribution in [3.63, 3.8) is 0 Å². The van der Waals surface area contributed by atoms with E-state index in [1.807, 2.05) is 0 Å². The topological polar surface area (TPSA) is 54.0 Å². The predicted octanol–water partition coefficient (Wildman–Crippen LogP) is 4.56. The first-order valence-corrected chi connectivity index (χ1v) is 7.84. The van der Waals surface area contributed by atoms with Gasteiger partial charge in [-0.1, -0.05) is 18.2 Å². The van der Waals surface area contributed by atoms with E-state index in [4.69, 9.17) is 0 Å². The maximum Gasteiger partial charge on any atom is 0.230 e. The first-order valence-electron chi connectivity index (χ1n) is 7.84. The molecule has 1 aromatic heterocycles. The number of carbonyl (C=O) groups is 1. The van der Waals surface area contributed by atoms with Gasteiger partial charge in [0.15, 0.2) is 17.5 Å². The normalized spacial score (nSPS) is 10.5. The summed E-state index contributed by atoms with van der Waals surface area (Å²) in [5.74, 6) is -4.95. The lowest BCUT2D eigenvalue weighted by Gasteiger charge is -2.09. The molecule has 2 aromatic carbocycles. The molecule has 138 valence electrons. The lowest BCUT2D eigenvalue weighted by atomic mass is 10.1. The van der Waals surface area contributed by atoms with Crippen LogP contribution in [-0.2, 0) is 11.2 Å². The van der Waals surface area contributed by atoms with Gasteiger partial charge in [-0.05, 0) is 35.9 Å². The molecule has 0 aliphatic carbocycles. The van der Waals surface area contributed by atoms with E-state index in [0.29, 0.717) is 5.69 Å². The molecule has 0 saturated heterocycles. The molecule has 0 aliphatic rings. The molecule has 0 saturated carbocycles. The Hall–Kier alpha value is -3.42. The fourth-order valence-electron chi connectivity index (χ4n) is 2.32. The largest absolute Gasteiger partial charge is 0.352 e. The van der Waals surface area contributed by atoms with Gasteiger partial charge >= 0.3 is 0 Å². The van der Waals surface area contributed by atoms with Gasteiger partial charge in [-0.3, -0.25) is 4.79 Å². The van der Waals surface area contributed by atoms with Crippen LogP contribution in [0.3, 0.4) is 0 Å².